The predicted molar refractivity (Wildman–Crippen MR) is 104 cm³/mol. The minimum atomic E-state index is -4.71. The number of hydrogen-bond acceptors (Lipinski definition) is 3. The van der Waals surface area contributed by atoms with Crippen LogP contribution >= 0.6 is 0 Å². The molecule has 2 unspecified atom stereocenters. The number of nitrogens with two attached hydrogens (primary N) is 1. The second-order valence-electron chi connectivity index (χ2n) is 7.77. The fourth-order valence-electron chi connectivity index (χ4n) is 4.06. The van der Waals surface area contributed by atoms with Gasteiger partial charge in [-0.3, -0.25) is 5.84 Å². The zero-order chi connectivity index (χ0) is 20.3. The second kappa shape index (κ2) is 8.53. The first kappa shape index (κ1) is 20.7. The molecule has 0 amide bonds. The van der Waals surface area contributed by atoms with Crippen molar-refractivity contribution in [2.45, 2.75) is 51.4 Å². The quantitative estimate of drug-likeness (QED) is 0.675. The Morgan fingerprint density at radius 3 is 2.50 bits per heavy atom. The lowest BCUT2D eigenvalue weighted by molar-refractivity contribution is -0.274. The monoisotopic (exact) mass is 392 g/mol. The third-order valence-electron chi connectivity index (χ3n) is 5.40. The minimum absolute atomic E-state index is 0.0311. The van der Waals surface area contributed by atoms with E-state index in [4.69, 9.17) is 5.84 Å². The molecule has 1 aliphatic heterocycles. The van der Waals surface area contributed by atoms with Gasteiger partial charge in [0, 0.05) is 6.54 Å². The van der Waals surface area contributed by atoms with Gasteiger partial charge in [-0.15, -0.1) is 13.2 Å². The van der Waals surface area contributed by atoms with Crippen molar-refractivity contribution in [3.05, 3.63) is 65.2 Å². The Morgan fingerprint density at radius 1 is 1.14 bits per heavy atom. The summed E-state index contributed by atoms with van der Waals surface area (Å²) >= 11 is 0. The van der Waals surface area contributed by atoms with Gasteiger partial charge < -0.3 is 4.74 Å². The summed E-state index contributed by atoms with van der Waals surface area (Å²) in [6.45, 7) is 4.82. The van der Waals surface area contributed by atoms with Crippen LogP contribution in [0.25, 0.3) is 0 Å². The van der Waals surface area contributed by atoms with Crippen LogP contribution in [0.2, 0.25) is 0 Å². The molecule has 6 heteroatoms. The number of ether oxygens (including phenoxy) is 1. The van der Waals surface area contributed by atoms with Gasteiger partial charge in [0.1, 0.15) is 5.75 Å². The molecular weight excluding hydrogens is 365 g/mol. The molecule has 0 spiro atoms. The Bertz CT molecular complexity index is 777. The summed E-state index contributed by atoms with van der Waals surface area (Å²) in [6.07, 6.45) is -2.40. The van der Waals surface area contributed by atoms with Gasteiger partial charge in [0.15, 0.2) is 0 Å². The van der Waals surface area contributed by atoms with E-state index in [0.717, 1.165) is 30.5 Å². The van der Waals surface area contributed by atoms with E-state index in [1.165, 1.54) is 6.07 Å². The van der Waals surface area contributed by atoms with E-state index in [-0.39, 0.29) is 23.6 Å². The summed E-state index contributed by atoms with van der Waals surface area (Å²) in [4.78, 5) is 0. The number of alkyl halides is 3. The Morgan fingerprint density at radius 2 is 1.86 bits per heavy atom. The molecule has 0 radical (unpaired) electrons. The highest BCUT2D eigenvalue weighted by molar-refractivity contribution is 5.39. The van der Waals surface area contributed by atoms with E-state index in [9.17, 15) is 13.2 Å². The van der Waals surface area contributed by atoms with Gasteiger partial charge in [0.05, 0.1) is 6.04 Å². The lowest BCUT2D eigenvalue weighted by Crippen LogP contribution is -2.44. The molecule has 2 atom stereocenters. The first-order valence-corrected chi connectivity index (χ1v) is 9.69. The predicted octanol–water partition coefficient (Wildman–Crippen LogP) is 5.58. The topological polar surface area (TPSA) is 38.5 Å². The lowest BCUT2D eigenvalue weighted by atomic mass is 9.81. The van der Waals surface area contributed by atoms with E-state index < -0.39 is 6.36 Å². The number of piperidine rings is 1. The molecule has 3 rings (SSSR count). The number of hydrogen-bond donors (Lipinski definition) is 1. The number of benzene rings is 2. The number of rotatable bonds is 5. The number of hydrazine groups is 1. The minimum Gasteiger partial charge on any atom is -0.406 e. The zero-order valence-corrected chi connectivity index (χ0v) is 16.2. The van der Waals surface area contributed by atoms with E-state index in [1.807, 2.05) is 55.3 Å². The maximum Gasteiger partial charge on any atom is 0.573 e. The van der Waals surface area contributed by atoms with Crippen molar-refractivity contribution in [1.29, 1.82) is 0 Å². The SMILES string of the molecule is CC(C)c1ccc(OC(F)(F)F)c(CC2CCCN(N)C2c2ccccc2)c1. The van der Waals surface area contributed by atoms with Gasteiger partial charge in [-0.1, -0.05) is 56.3 Å². The smallest absolute Gasteiger partial charge is 0.406 e. The van der Waals surface area contributed by atoms with Crippen LogP contribution in [0.4, 0.5) is 13.2 Å². The van der Waals surface area contributed by atoms with Crippen molar-refractivity contribution in [2.24, 2.45) is 11.8 Å². The number of nitrogens with zero attached hydrogens (tertiary/aromatic N) is 1. The van der Waals surface area contributed by atoms with Crippen molar-refractivity contribution in [3.8, 4) is 5.75 Å². The average molecular weight is 392 g/mol. The second-order valence-corrected chi connectivity index (χ2v) is 7.77. The Kier molecular flexibility index (Phi) is 6.30. The maximum absolute atomic E-state index is 12.9. The molecule has 28 heavy (non-hydrogen) atoms. The molecule has 0 aromatic heterocycles. The Balaban J connectivity index is 1.94. The molecule has 1 fully saturated rings. The van der Waals surface area contributed by atoms with Gasteiger partial charge in [-0.25, -0.2) is 5.01 Å². The van der Waals surface area contributed by atoms with Crippen molar-refractivity contribution in [3.63, 3.8) is 0 Å². The van der Waals surface area contributed by atoms with Crippen molar-refractivity contribution < 1.29 is 17.9 Å². The summed E-state index contributed by atoms with van der Waals surface area (Å²) in [7, 11) is 0. The summed E-state index contributed by atoms with van der Waals surface area (Å²) in [6, 6.07) is 14.9. The third-order valence-corrected chi connectivity index (χ3v) is 5.40. The number of halogens is 3. The van der Waals surface area contributed by atoms with E-state index in [2.05, 4.69) is 4.74 Å². The summed E-state index contributed by atoms with van der Waals surface area (Å²) in [5, 5.41) is 1.82. The van der Waals surface area contributed by atoms with Gasteiger partial charge >= 0.3 is 6.36 Å². The van der Waals surface area contributed by atoms with Crippen LogP contribution in [0.15, 0.2) is 48.5 Å². The van der Waals surface area contributed by atoms with Crippen LogP contribution in [0.3, 0.4) is 0 Å². The van der Waals surface area contributed by atoms with Crippen LogP contribution in [-0.2, 0) is 6.42 Å². The molecule has 2 N–H and O–H groups in total. The molecule has 0 aliphatic carbocycles. The van der Waals surface area contributed by atoms with Crippen LogP contribution < -0.4 is 10.6 Å². The standard InChI is InChI=1S/C22H27F3N2O/c1-15(2)17-10-11-20(28-22(23,24)25)19(13-17)14-18-9-6-12-27(26)21(18)16-7-4-3-5-8-16/h3-5,7-8,10-11,13,15,18,21H,6,9,12,14,26H2,1-2H3. The highest BCUT2D eigenvalue weighted by Gasteiger charge is 2.35. The van der Waals surface area contributed by atoms with Gasteiger partial charge in [0.2, 0.25) is 0 Å². The molecule has 1 aliphatic rings. The molecule has 0 bridgehead atoms. The maximum atomic E-state index is 12.9. The highest BCUT2D eigenvalue weighted by atomic mass is 19.4. The Hall–Kier alpha value is -2.05. The van der Waals surface area contributed by atoms with E-state index in [1.54, 1.807) is 6.07 Å². The summed E-state index contributed by atoms with van der Waals surface area (Å²) in [5.74, 6) is 6.52. The summed E-state index contributed by atoms with van der Waals surface area (Å²) < 4.78 is 43.1. The molecular formula is C22H27F3N2O. The molecule has 0 saturated carbocycles. The van der Waals surface area contributed by atoms with Gasteiger partial charge in [-0.2, -0.15) is 0 Å². The van der Waals surface area contributed by atoms with Crippen LogP contribution in [0.5, 0.6) is 5.75 Å². The third kappa shape index (κ3) is 5.06. The fraction of sp³-hybridized carbons (Fsp3) is 0.455. The normalized spacial score (nSPS) is 21.1. The average Bonchev–Trinajstić information content (AvgIpc) is 2.62. The molecule has 152 valence electrons. The first-order valence-electron chi connectivity index (χ1n) is 9.69. The van der Waals surface area contributed by atoms with Crippen molar-refractivity contribution in [2.75, 3.05) is 6.54 Å². The van der Waals surface area contributed by atoms with Crippen LogP contribution in [0.1, 0.15) is 55.3 Å². The first-order chi connectivity index (χ1) is 13.2. The van der Waals surface area contributed by atoms with E-state index in [0.29, 0.717) is 12.0 Å². The molecule has 3 nitrogen and oxygen atoms in total. The van der Waals surface area contributed by atoms with Crippen molar-refractivity contribution in [1.82, 2.24) is 5.01 Å². The van der Waals surface area contributed by atoms with E-state index >= 15 is 0 Å². The molecule has 1 saturated heterocycles. The summed E-state index contributed by atoms with van der Waals surface area (Å²) in [5.41, 5.74) is 2.68. The zero-order valence-electron chi connectivity index (χ0n) is 16.2. The largest absolute Gasteiger partial charge is 0.573 e. The Labute approximate surface area is 164 Å². The van der Waals surface area contributed by atoms with Crippen molar-refractivity contribution >= 4 is 0 Å². The van der Waals surface area contributed by atoms with Crippen LogP contribution in [-0.4, -0.2) is 17.9 Å². The fourth-order valence-corrected chi connectivity index (χ4v) is 4.06. The van der Waals surface area contributed by atoms with Gasteiger partial charge in [0.25, 0.3) is 0 Å². The molecule has 1 heterocycles. The molecule has 2 aromatic rings. The van der Waals surface area contributed by atoms with Crippen LogP contribution in [0, 0.1) is 5.92 Å². The highest BCUT2D eigenvalue weighted by Crippen LogP contribution is 2.39. The molecule has 2 aromatic carbocycles. The van der Waals surface area contributed by atoms with Gasteiger partial charge in [-0.05, 0) is 53.9 Å². The lowest BCUT2D eigenvalue weighted by Gasteiger charge is -2.39.